The Bertz CT molecular complexity index is 663. The lowest BCUT2D eigenvalue weighted by molar-refractivity contribution is 0.0593. The van der Waals surface area contributed by atoms with Crippen LogP contribution in [0.15, 0.2) is 24.3 Å². The van der Waals surface area contributed by atoms with Crippen molar-refractivity contribution >= 4 is 21.8 Å². The number of rotatable bonds is 2. The zero-order chi connectivity index (χ0) is 14.5. The van der Waals surface area contributed by atoms with Crippen molar-refractivity contribution in [3.63, 3.8) is 0 Å². The summed E-state index contributed by atoms with van der Waals surface area (Å²) in [5.74, 6) is -0.656. The molecule has 1 unspecified atom stereocenters. The average Bonchev–Trinajstić information content (AvgIpc) is 2.95. The van der Waals surface area contributed by atoms with Crippen LogP contribution in [-0.2, 0) is 10.0 Å². The molecule has 0 spiro atoms. The van der Waals surface area contributed by atoms with E-state index in [0.29, 0.717) is 24.1 Å². The van der Waals surface area contributed by atoms with E-state index in [1.165, 1.54) is 9.21 Å². The SMILES string of the molecule is CS(=O)(=O)N1CCC(N2C(=O)c3ccccc3C2=O)C1. The van der Waals surface area contributed by atoms with Gasteiger partial charge in [-0.25, -0.2) is 12.7 Å². The summed E-state index contributed by atoms with van der Waals surface area (Å²) in [6, 6.07) is 6.30. The highest BCUT2D eigenvalue weighted by atomic mass is 32.2. The summed E-state index contributed by atoms with van der Waals surface area (Å²) in [6.45, 7) is 0.529. The van der Waals surface area contributed by atoms with Gasteiger partial charge in [-0.15, -0.1) is 0 Å². The van der Waals surface area contributed by atoms with Gasteiger partial charge in [0.15, 0.2) is 0 Å². The van der Waals surface area contributed by atoms with Crippen LogP contribution < -0.4 is 0 Å². The van der Waals surface area contributed by atoms with Gasteiger partial charge in [-0.05, 0) is 18.6 Å². The fourth-order valence-corrected chi connectivity index (χ4v) is 3.64. The number of nitrogens with zero attached hydrogens (tertiary/aromatic N) is 2. The monoisotopic (exact) mass is 294 g/mol. The first kappa shape index (κ1) is 13.3. The molecule has 2 amide bonds. The van der Waals surface area contributed by atoms with Crippen LogP contribution in [0.4, 0.5) is 0 Å². The highest BCUT2D eigenvalue weighted by Gasteiger charge is 2.43. The Hall–Kier alpha value is -1.73. The first-order valence-corrected chi connectivity index (χ1v) is 8.16. The zero-order valence-corrected chi connectivity index (χ0v) is 11.8. The third kappa shape index (κ3) is 1.94. The van der Waals surface area contributed by atoms with Gasteiger partial charge in [0.05, 0.1) is 23.4 Å². The van der Waals surface area contributed by atoms with Crippen LogP contribution >= 0.6 is 0 Å². The topological polar surface area (TPSA) is 74.8 Å². The molecule has 0 N–H and O–H groups in total. The van der Waals surface area contributed by atoms with Crippen molar-refractivity contribution in [2.24, 2.45) is 0 Å². The predicted octanol–water partition coefficient (Wildman–Crippen LogP) is 0.317. The minimum Gasteiger partial charge on any atom is -0.270 e. The first-order valence-electron chi connectivity index (χ1n) is 6.31. The number of imide groups is 1. The first-order chi connectivity index (χ1) is 9.39. The lowest BCUT2D eigenvalue weighted by Gasteiger charge is -2.21. The summed E-state index contributed by atoms with van der Waals surface area (Å²) < 4.78 is 24.3. The van der Waals surface area contributed by atoms with E-state index >= 15 is 0 Å². The molecule has 7 heteroatoms. The fourth-order valence-electron chi connectivity index (χ4n) is 2.76. The van der Waals surface area contributed by atoms with E-state index in [1.54, 1.807) is 24.3 Å². The number of benzene rings is 1. The molecule has 1 fully saturated rings. The van der Waals surface area contributed by atoms with E-state index in [1.807, 2.05) is 0 Å². The van der Waals surface area contributed by atoms with Crippen molar-refractivity contribution in [3.05, 3.63) is 35.4 Å². The smallest absolute Gasteiger partial charge is 0.261 e. The molecule has 1 aromatic rings. The second kappa shape index (κ2) is 4.39. The lowest BCUT2D eigenvalue weighted by Crippen LogP contribution is -2.42. The number of hydrogen-bond donors (Lipinski definition) is 0. The molecule has 1 atom stereocenters. The summed E-state index contributed by atoms with van der Waals surface area (Å²) in [7, 11) is -3.28. The highest BCUT2D eigenvalue weighted by molar-refractivity contribution is 7.88. The maximum Gasteiger partial charge on any atom is 0.261 e. The van der Waals surface area contributed by atoms with Crippen molar-refractivity contribution in [3.8, 4) is 0 Å². The van der Waals surface area contributed by atoms with Crippen molar-refractivity contribution < 1.29 is 18.0 Å². The van der Waals surface area contributed by atoms with Gasteiger partial charge in [0.2, 0.25) is 10.0 Å². The van der Waals surface area contributed by atoms with Crippen molar-refractivity contribution in [1.82, 2.24) is 9.21 Å². The van der Waals surface area contributed by atoms with Crippen LogP contribution in [0.1, 0.15) is 27.1 Å². The van der Waals surface area contributed by atoms with Gasteiger partial charge in [0.1, 0.15) is 0 Å². The Balaban J connectivity index is 1.88. The molecule has 106 valence electrons. The Morgan fingerprint density at radius 1 is 1.10 bits per heavy atom. The maximum absolute atomic E-state index is 12.3. The molecule has 2 heterocycles. The van der Waals surface area contributed by atoms with Crippen LogP contribution in [0.25, 0.3) is 0 Å². The molecule has 20 heavy (non-hydrogen) atoms. The summed E-state index contributed by atoms with van der Waals surface area (Å²) in [5.41, 5.74) is 0.797. The second-order valence-corrected chi connectivity index (χ2v) is 7.07. The zero-order valence-electron chi connectivity index (χ0n) is 10.9. The number of carbonyl (C=O) groups is 2. The largest absolute Gasteiger partial charge is 0.270 e. The van der Waals surface area contributed by atoms with Crippen molar-refractivity contribution in [2.75, 3.05) is 19.3 Å². The molecule has 3 rings (SSSR count). The predicted molar refractivity (Wildman–Crippen MR) is 71.8 cm³/mol. The number of sulfonamides is 1. The molecule has 1 aromatic carbocycles. The van der Waals surface area contributed by atoms with Crippen LogP contribution in [0, 0.1) is 0 Å². The van der Waals surface area contributed by atoms with Crippen LogP contribution in [0.5, 0.6) is 0 Å². The fraction of sp³-hybridized carbons (Fsp3) is 0.385. The molecule has 2 aliphatic rings. The van der Waals surface area contributed by atoms with Crippen LogP contribution in [0.3, 0.4) is 0 Å². The third-order valence-corrected chi connectivity index (χ3v) is 5.06. The van der Waals surface area contributed by atoms with Crippen molar-refractivity contribution in [2.45, 2.75) is 12.5 Å². The molecule has 6 nitrogen and oxygen atoms in total. The van der Waals surface area contributed by atoms with E-state index in [0.717, 1.165) is 6.26 Å². The van der Waals surface area contributed by atoms with E-state index in [4.69, 9.17) is 0 Å². The van der Waals surface area contributed by atoms with E-state index < -0.39 is 10.0 Å². The van der Waals surface area contributed by atoms with Gasteiger partial charge in [-0.1, -0.05) is 12.1 Å². The van der Waals surface area contributed by atoms with Gasteiger partial charge >= 0.3 is 0 Å². The molecule has 0 bridgehead atoms. The molecular formula is C13H14N2O4S. The van der Waals surface area contributed by atoms with Crippen LogP contribution in [0.2, 0.25) is 0 Å². The highest BCUT2D eigenvalue weighted by Crippen LogP contribution is 2.28. The molecular weight excluding hydrogens is 280 g/mol. The standard InChI is InChI=1S/C13H14N2O4S/c1-20(18,19)14-7-6-9(8-14)15-12(16)10-4-2-3-5-11(10)13(15)17/h2-5,9H,6-8H2,1H3. The Labute approximate surface area is 117 Å². The van der Waals surface area contributed by atoms with E-state index in [9.17, 15) is 18.0 Å². The summed E-state index contributed by atoms with van der Waals surface area (Å²) in [4.78, 5) is 25.8. The Morgan fingerprint density at radius 2 is 1.65 bits per heavy atom. The Kier molecular flexibility index (Phi) is 2.91. The van der Waals surface area contributed by atoms with Crippen LogP contribution in [-0.4, -0.2) is 54.8 Å². The average molecular weight is 294 g/mol. The molecule has 1 saturated heterocycles. The second-order valence-electron chi connectivity index (χ2n) is 5.09. The van der Waals surface area contributed by atoms with Crippen molar-refractivity contribution in [1.29, 1.82) is 0 Å². The summed E-state index contributed by atoms with van der Waals surface area (Å²) >= 11 is 0. The quantitative estimate of drug-likeness (QED) is 0.736. The van der Waals surface area contributed by atoms with E-state index in [-0.39, 0.29) is 24.4 Å². The number of hydrogen-bond acceptors (Lipinski definition) is 4. The minimum atomic E-state index is -3.28. The molecule has 2 aliphatic heterocycles. The molecule has 0 saturated carbocycles. The molecule has 0 radical (unpaired) electrons. The normalized spacial score (nSPS) is 23.4. The van der Waals surface area contributed by atoms with Gasteiger partial charge in [-0.3, -0.25) is 14.5 Å². The number of carbonyl (C=O) groups excluding carboxylic acids is 2. The van der Waals surface area contributed by atoms with Gasteiger partial charge in [0.25, 0.3) is 11.8 Å². The van der Waals surface area contributed by atoms with E-state index in [2.05, 4.69) is 0 Å². The third-order valence-electron chi connectivity index (χ3n) is 3.79. The number of amides is 2. The van der Waals surface area contributed by atoms with Gasteiger partial charge in [0, 0.05) is 13.1 Å². The summed E-state index contributed by atoms with van der Waals surface area (Å²) in [5, 5.41) is 0. The molecule has 0 aromatic heterocycles. The number of fused-ring (bicyclic) bond motifs is 1. The maximum atomic E-state index is 12.3. The van der Waals surface area contributed by atoms with Gasteiger partial charge < -0.3 is 0 Å². The summed E-state index contributed by atoms with van der Waals surface area (Å²) in [6.07, 6.45) is 1.62. The minimum absolute atomic E-state index is 0.185. The van der Waals surface area contributed by atoms with Gasteiger partial charge in [-0.2, -0.15) is 0 Å². The lowest BCUT2D eigenvalue weighted by atomic mass is 10.1. The Morgan fingerprint density at radius 3 is 2.10 bits per heavy atom. The molecule has 0 aliphatic carbocycles.